The van der Waals surface area contributed by atoms with Crippen molar-refractivity contribution in [3.05, 3.63) is 52.8 Å². The predicted octanol–water partition coefficient (Wildman–Crippen LogP) is 4.60. The summed E-state index contributed by atoms with van der Waals surface area (Å²) in [6, 6.07) is 12.4. The largest absolute Gasteiger partial charge is 0.433 e. The molecule has 0 aliphatic heterocycles. The molecule has 0 amide bonds. The summed E-state index contributed by atoms with van der Waals surface area (Å²) >= 11 is 5.33. The number of halogens is 2. The van der Waals surface area contributed by atoms with Crippen LogP contribution in [0.5, 0.6) is 5.75 Å². The zero-order chi connectivity index (χ0) is 15.0. The van der Waals surface area contributed by atoms with Gasteiger partial charge in [-0.05, 0) is 42.9 Å². The highest BCUT2D eigenvalue weighted by atomic mass is 32.1. The lowest BCUT2D eigenvalue weighted by Gasteiger charge is -2.12. The van der Waals surface area contributed by atoms with Crippen LogP contribution < -0.4 is 4.74 Å². The summed E-state index contributed by atoms with van der Waals surface area (Å²) in [5.74, 6) is 0.0905. The minimum atomic E-state index is -2.88. The molecule has 108 valence electrons. The normalized spacial score (nSPS) is 11.2. The SMILES string of the molecule is Cc1cccc2[nH]c(=S)n(-c3ccccc3OC(F)F)c12. The quantitative estimate of drug-likeness (QED) is 0.717. The maximum absolute atomic E-state index is 12.6. The first kappa shape index (κ1) is 13.8. The minimum Gasteiger partial charge on any atom is -0.433 e. The molecule has 0 unspecified atom stereocenters. The molecule has 1 aromatic heterocycles. The Balaban J connectivity index is 2.31. The van der Waals surface area contributed by atoms with Crippen molar-refractivity contribution in [3.63, 3.8) is 0 Å². The number of hydrogen-bond donors (Lipinski definition) is 1. The molecule has 0 aliphatic carbocycles. The first-order valence-corrected chi connectivity index (χ1v) is 6.73. The Morgan fingerprint density at radius 2 is 1.90 bits per heavy atom. The highest BCUT2D eigenvalue weighted by molar-refractivity contribution is 7.71. The molecule has 0 spiro atoms. The number of aromatic nitrogens is 2. The van der Waals surface area contributed by atoms with E-state index in [-0.39, 0.29) is 5.75 Å². The van der Waals surface area contributed by atoms with E-state index in [1.165, 1.54) is 6.07 Å². The molecular formula is C15H12F2N2OS. The number of fused-ring (bicyclic) bond motifs is 1. The number of imidazole rings is 1. The smallest absolute Gasteiger partial charge is 0.387 e. The van der Waals surface area contributed by atoms with Crippen molar-refractivity contribution < 1.29 is 13.5 Å². The summed E-state index contributed by atoms with van der Waals surface area (Å²) < 4.78 is 31.9. The van der Waals surface area contributed by atoms with Crippen molar-refractivity contribution in [2.45, 2.75) is 13.5 Å². The standard InChI is InChI=1S/C15H12F2N2OS/c1-9-5-4-6-10-13(9)19(15(21)18-10)11-7-2-3-8-12(11)20-14(16)17/h2-8,14H,1H3,(H,18,21). The van der Waals surface area contributed by atoms with Gasteiger partial charge in [0.05, 0.1) is 16.7 Å². The number of alkyl halides is 2. The fourth-order valence-electron chi connectivity index (χ4n) is 2.40. The summed E-state index contributed by atoms with van der Waals surface area (Å²) in [5, 5.41) is 0. The molecule has 0 saturated carbocycles. The Labute approximate surface area is 124 Å². The Bertz CT molecular complexity index is 854. The molecule has 0 bridgehead atoms. The molecule has 0 fully saturated rings. The van der Waals surface area contributed by atoms with Crippen molar-refractivity contribution in [1.82, 2.24) is 9.55 Å². The summed E-state index contributed by atoms with van der Waals surface area (Å²) in [5.41, 5.74) is 3.19. The molecule has 2 aromatic carbocycles. The third kappa shape index (κ3) is 2.42. The van der Waals surface area contributed by atoms with Crippen molar-refractivity contribution in [1.29, 1.82) is 0 Å². The van der Waals surface area contributed by atoms with E-state index in [1.54, 1.807) is 22.8 Å². The third-order valence-corrected chi connectivity index (χ3v) is 3.51. The summed E-state index contributed by atoms with van der Waals surface area (Å²) in [6.45, 7) is -0.940. The van der Waals surface area contributed by atoms with E-state index >= 15 is 0 Å². The maximum atomic E-state index is 12.6. The Morgan fingerprint density at radius 1 is 1.14 bits per heavy atom. The zero-order valence-electron chi connectivity index (χ0n) is 11.1. The van der Waals surface area contributed by atoms with Gasteiger partial charge in [-0.2, -0.15) is 8.78 Å². The van der Waals surface area contributed by atoms with Crippen LogP contribution in [0.1, 0.15) is 5.56 Å². The number of benzene rings is 2. The highest BCUT2D eigenvalue weighted by Gasteiger charge is 2.15. The van der Waals surface area contributed by atoms with Gasteiger partial charge in [-0.1, -0.05) is 24.3 Å². The van der Waals surface area contributed by atoms with Crippen LogP contribution in [0.15, 0.2) is 42.5 Å². The van der Waals surface area contributed by atoms with Gasteiger partial charge >= 0.3 is 6.61 Å². The second-order valence-electron chi connectivity index (χ2n) is 4.58. The first-order chi connectivity index (χ1) is 10.1. The predicted molar refractivity (Wildman–Crippen MR) is 79.8 cm³/mol. The second kappa shape index (κ2) is 5.29. The number of ether oxygens (including phenoxy) is 1. The average molecular weight is 306 g/mol. The van der Waals surface area contributed by atoms with Crippen LogP contribution >= 0.6 is 12.2 Å². The average Bonchev–Trinajstić information content (AvgIpc) is 2.76. The summed E-state index contributed by atoms with van der Waals surface area (Å²) in [7, 11) is 0. The van der Waals surface area contributed by atoms with Gasteiger partial charge < -0.3 is 9.72 Å². The number of aryl methyl sites for hydroxylation is 1. The van der Waals surface area contributed by atoms with Crippen molar-refractivity contribution in [3.8, 4) is 11.4 Å². The number of aromatic amines is 1. The van der Waals surface area contributed by atoms with Crippen LogP contribution in [0.4, 0.5) is 8.78 Å². The topological polar surface area (TPSA) is 29.9 Å². The molecule has 3 rings (SSSR count). The lowest BCUT2D eigenvalue weighted by molar-refractivity contribution is -0.0498. The molecule has 0 radical (unpaired) electrons. The number of hydrogen-bond acceptors (Lipinski definition) is 2. The van der Waals surface area contributed by atoms with Crippen molar-refractivity contribution in [2.75, 3.05) is 0 Å². The Morgan fingerprint density at radius 3 is 2.67 bits per heavy atom. The molecule has 6 heteroatoms. The number of para-hydroxylation sites is 3. The minimum absolute atomic E-state index is 0.0905. The molecule has 3 nitrogen and oxygen atoms in total. The number of nitrogens with one attached hydrogen (secondary N) is 1. The van der Waals surface area contributed by atoms with E-state index in [9.17, 15) is 8.78 Å². The van der Waals surface area contributed by atoms with Crippen LogP contribution in [0.2, 0.25) is 0 Å². The van der Waals surface area contributed by atoms with E-state index in [1.807, 2.05) is 25.1 Å². The molecular weight excluding hydrogens is 294 g/mol. The van der Waals surface area contributed by atoms with E-state index in [4.69, 9.17) is 12.2 Å². The first-order valence-electron chi connectivity index (χ1n) is 6.32. The van der Waals surface area contributed by atoms with Gasteiger partial charge in [0, 0.05) is 0 Å². The van der Waals surface area contributed by atoms with E-state index in [0.29, 0.717) is 10.5 Å². The Kier molecular flexibility index (Phi) is 3.47. The second-order valence-corrected chi connectivity index (χ2v) is 4.97. The maximum Gasteiger partial charge on any atom is 0.387 e. The third-order valence-electron chi connectivity index (χ3n) is 3.23. The lowest BCUT2D eigenvalue weighted by Crippen LogP contribution is -2.06. The van der Waals surface area contributed by atoms with Crippen LogP contribution in [0, 0.1) is 11.7 Å². The number of H-pyrrole nitrogens is 1. The van der Waals surface area contributed by atoms with Gasteiger partial charge in [-0.25, -0.2) is 0 Å². The fourth-order valence-corrected chi connectivity index (χ4v) is 2.70. The van der Waals surface area contributed by atoms with E-state index < -0.39 is 6.61 Å². The number of nitrogens with zero attached hydrogens (tertiary/aromatic N) is 1. The van der Waals surface area contributed by atoms with Gasteiger partial charge in [-0.15, -0.1) is 0 Å². The summed E-state index contributed by atoms with van der Waals surface area (Å²) in [4.78, 5) is 3.08. The van der Waals surface area contributed by atoms with Crippen molar-refractivity contribution in [2.24, 2.45) is 0 Å². The monoisotopic (exact) mass is 306 g/mol. The zero-order valence-corrected chi connectivity index (χ0v) is 12.0. The molecule has 0 saturated heterocycles. The van der Waals surface area contributed by atoms with Crippen LogP contribution in [-0.4, -0.2) is 16.2 Å². The van der Waals surface area contributed by atoms with Crippen LogP contribution in [0.25, 0.3) is 16.7 Å². The van der Waals surface area contributed by atoms with Gasteiger partial charge in [0.15, 0.2) is 4.77 Å². The highest BCUT2D eigenvalue weighted by Crippen LogP contribution is 2.29. The van der Waals surface area contributed by atoms with Gasteiger partial charge in [-0.3, -0.25) is 4.57 Å². The van der Waals surface area contributed by atoms with Crippen LogP contribution in [-0.2, 0) is 0 Å². The molecule has 3 aromatic rings. The van der Waals surface area contributed by atoms with Gasteiger partial charge in [0.2, 0.25) is 0 Å². The van der Waals surface area contributed by atoms with Crippen molar-refractivity contribution >= 4 is 23.3 Å². The molecule has 0 aliphatic rings. The molecule has 1 N–H and O–H groups in total. The van der Waals surface area contributed by atoms with E-state index in [0.717, 1.165) is 16.6 Å². The van der Waals surface area contributed by atoms with Gasteiger partial charge in [0.25, 0.3) is 0 Å². The summed E-state index contributed by atoms with van der Waals surface area (Å²) in [6.07, 6.45) is 0. The molecule has 21 heavy (non-hydrogen) atoms. The molecule has 1 heterocycles. The van der Waals surface area contributed by atoms with Gasteiger partial charge in [0.1, 0.15) is 5.75 Å². The fraction of sp³-hybridized carbons (Fsp3) is 0.133. The number of rotatable bonds is 3. The molecule has 0 atom stereocenters. The lowest BCUT2D eigenvalue weighted by atomic mass is 10.2. The van der Waals surface area contributed by atoms with E-state index in [2.05, 4.69) is 9.72 Å². The Hall–Kier alpha value is -2.21. The van der Waals surface area contributed by atoms with Crippen LogP contribution in [0.3, 0.4) is 0 Å².